The number of piperazine rings is 1. The molecule has 0 aromatic heterocycles. The van der Waals surface area contributed by atoms with Gasteiger partial charge in [0.05, 0.1) is 6.54 Å². The predicted octanol–water partition coefficient (Wildman–Crippen LogP) is 3.84. The molecule has 27 heavy (non-hydrogen) atoms. The van der Waals surface area contributed by atoms with Crippen LogP contribution in [0.15, 0.2) is 54.6 Å². The van der Waals surface area contributed by atoms with Gasteiger partial charge in [-0.25, -0.2) is 4.79 Å². The fraction of sp³-hybridized carbons (Fsp3) is 0.364. The van der Waals surface area contributed by atoms with Crippen molar-refractivity contribution in [2.24, 2.45) is 0 Å². The van der Waals surface area contributed by atoms with Crippen molar-refractivity contribution >= 4 is 17.5 Å². The first kappa shape index (κ1) is 19.1. The van der Waals surface area contributed by atoms with Gasteiger partial charge in [0.15, 0.2) is 5.78 Å². The molecule has 5 heteroatoms. The number of carbonyl (C=O) groups excluding carboxylic acids is 2. The molecule has 0 aliphatic carbocycles. The number of nitrogens with one attached hydrogen (secondary N) is 1. The second-order valence-electron chi connectivity index (χ2n) is 7.26. The summed E-state index contributed by atoms with van der Waals surface area (Å²) in [5.41, 5.74) is 2.79. The van der Waals surface area contributed by atoms with Gasteiger partial charge in [0.25, 0.3) is 0 Å². The lowest BCUT2D eigenvalue weighted by Crippen LogP contribution is -2.51. The van der Waals surface area contributed by atoms with Crippen LogP contribution in [0.5, 0.6) is 0 Å². The zero-order chi connectivity index (χ0) is 19.2. The number of amides is 2. The van der Waals surface area contributed by atoms with Gasteiger partial charge in [-0.05, 0) is 23.6 Å². The van der Waals surface area contributed by atoms with Crippen molar-refractivity contribution in [2.45, 2.75) is 19.8 Å². The van der Waals surface area contributed by atoms with Crippen molar-refractivity contribution in [3.05, 3.63) is 65.7 Å². The minimum absolute atomic E-state index is 0.0866. The summed E-state index contributed by atoms with van der Waals surface area (Å²) in [6.07, 6.45) is 0. The molecule has 1 N–H and O–H groups in total. The van der Waals surface area contributed by atoms with Crippen LogP contribution in [-0.2, 0) is 0 Å². The van der Waals surface area contributed by atoms with Crippen LogP contribution >= 0.6 is 0 Å². The Kier molecular flexibility index (Phi) is 6.24. The zero-order valence-corrected chi connectivity index (χ0v) is 16.0. The van der Waals surface area contributed by atoms with Gasteiger partial charge in [0.1, 0.15) is 0 Å². The highest BCUT2D eigenvalue weighted by atomic mass is 16.2. The lowest BCUT2D eigenvalue weighted by Gasteiger charge is -2.34. The molecule has 142 valence electrons. The number of benzene rings is 2. The lowest BCUT2D eigenvalue weighted by atomic mass is 10.0. The maximum Gasteiger partial charge on any atom is 0.321 e. The van der Waals surface area contributed by atoms with Crippen LogP contribution in [0.1, 0.15) is 35.7 Å². The van der Waals surface area contributed by atoms with Crippen molar-refractivity contribution in [1.82, 2.24) is 9.80 Å². The number of Topliss-reactive ketones (excluding diaryl/α,β-unsaturated/α-hetero) is 1. The van der Waals surface area contributed by atoms with Gasteiger partial charge in [-0.15, -0.1) is 0 Å². The quantitative estimate of drug-likeness (QED) is 0.819. The molecule has 1 aliphatic heterocycles. The fourth-order valence-electron chi connectivity index (χ4n) is 3.18. The van der Waals surface area contributed by atoms with E-state index < -0.39 is 0 Å². The summed E-state index contributed by atoms with van der Waals surface area (Å²) < 4.78 is 0. The van der Waals surface area contributed by atoms with Crippen LogP contribution in [0.4, 0.5) is 10.5 Å². The van der Waals surface area contributed by atoms with E-state index in [1.54, 1.807) is 4.90 Å². The highest BCUT2D eigenvalue weighted by molar-refractivity contribution is 5.97. The van der Waals surface area contributed by atoms with Gasteiger partial charge < -0.3 is 10.2 Å². The van der Waals surface area contributed by atoms with E-state index in [0.29, 0.717) is 38.6 Å². The lowest BCUT2D eigenvalue weighted by molar-refractivity contribution is 0.0884. The third kappa shape index (κ3) is 5.17. The Balaban J connectivity index is 1.47. The van der Waals surface area contributed by atoms with Crippen molar-refractivity contribution in [3.8, 4) is 0 Å². The number of para-hydroxylation sites is 1. The molecule has 5 nitrogen and oxygen atoms in total. The van der Waals surface area contributed by atoms with Crippen molar-refractivity contribution in [1.29, 1.82) is 0 Å². The smallest absolute Gasteiger partial charge is 0.321 e. The summed E-state index contributed by atoms with van der Waals surface area (Å²) in [6.45, 7) is 7.34. The minimum Gasteiger partial charge on any atom is -0.322 e. The molecule has 1 aliphatic rings. The number of rotatable bonds is 5. The van der Waals surface area contributed by atoms with Gasteiger partial charge in [0, 0.05) is 37.4 Å². The molecule has 0 spiro atoms. The van der Waals surface area contributed by atoms with E-state index in [2.05, 4.69) is 24.1 Å². The molecule has 0 atom stereocenters. The van der Waals surface area contributed by atoms with Crippen LogP contribution in [0.25, 0.3) is 0 Å². The van der Waals surface area contributed by atoms with Gasteiger partial charge in [-0.1, -0.05) is 56.3 Å². The third-order valence-corrected chi connectivity index (χ3v) is 4.95. The molecule has 0 bridgehead atoms. The molecule has 1 heterocycles. The average molecular weight is 365 g/mol. The Hall–Kier alpha value is -2.66. The van der Waals surface area contributed by atoms with Crippen LogP contribution in [0.2, 0.25) is 0 Å². The molecule has 1 saturated heterocycles. The third-order valence-electron chi connectivity index (χ3n) is 4.95. The first-order valence-electron chi connectivity index (χ1n) is 9.49. The van der Waals surface area contributed by atoms with Crippen molar-refractivity contribution in [2.75, 3.05) is 38.0 Å². The van der Waals surface area contributed by atoms with Crippen molar-refractivity contribution in [3.63, 3.8) is 0 Å². The van der Waals surface area contributed by atoms with E-state index in [4.69, 9.17) is 0 Å². The highest BCUT2D eigenvalue weighted by Crippen LogP contribution is 2.15. The Morgan fingerprint density at radius 2 is 1.56 bits per heavy atom. The summed E-state index contributed by atoms with van der Waals surface area (Å²) in [7, 11) is 0. The van der Waals surface area contributed by atoms with Crippen molar-refractivity contribution < 1.29 is 9.59 Å². The summed E-state index contributed by atoms with van der Waals surface area (Å²) >= 11 is 0. The topological polar surface area (TPSA) is 52.7 Å². The Morgan fingerprint density at radius 3 is 2.15 bits per heavy atom. The maximum absolute atomic E-state index is 12.5. The summed E-state index contributed by atoms with van der Waals surface area (Å²) in [4.78, 5) is 28.8. The Labute approximate surface area is 161 Å². The standard InChI is InChI=1S/C22H27N3O2/c1-17(2)18-8-10-19(11-9-18)21(26)16-24-12-14-25(15-13-24)22(27)23-20-6-4-3-5-7-20/h3-11,17H,12-16H2,1-2H3,(H,23,27). The van der Waals surface area contributed by atoms with Crippen LogP contribution in [0.3, 0.4) is 0 Å². The summed E-state index contributed by atoms with van der Waals surface area (Å²) in [6, 6.07) is 17.3. The molecule has 1 fully saturated rings. The number of hydrogen-bond donors (Lipinski definition) is 1. The number of hydrogen-bond acceptors (Lipinski definition) is 3. The Bertz CT molecular complexity index is 764. The number of urea groups is 1. The highest BCUT2D eigenvalue weighted by Gasteiger charge is 2.22. The van der Waals surface area contributed by atoms with E-state index in [1.807, 2.05) is 54.6 Å². The van der Waals surface area contributed by atoms with Gasteiger partial charge in [0.2, 0.25) is 0 Å². The van der Waals surface area contributed by atoms with E-state index in [-0.39, 0.29) is 11.8 Å². The second kappa shape index (κ2) is 8.82. The van der Waals surface area contributed by atoms with Crippen LogP contribution < -0.4 is 5.32 Å². The number of carbonyl (C=O) groups is 2. The normalized spacial score (nSPS) is 15.0. The van der Waals surface area contributed by atoms with E-state index in [9.17, 15) is 9.59 Å². The predicted molar refractivity (Wildman–Crippen MR) is 108 cm³/mol. The first-order valence-corrected chi connectivity index (χ1v) is 9.49. The molecule has 2 amide bonds. The molecule has 0 unspecified atom stereocenters. The maximum atomic E-state index is 12.5. The minimum atomic E-state index is -0.0866. The molecule has 2 aromatic carbocycles. The zero-order valence-electron chi connectivity index (χ0n) is 16.0. The van der Waals surface area contributed by atoms with E-state index >= 15 is 0 Å². The monoisotopic (exact) mass is 365 g/mol. The average Bonchev–Trinajstić information content (AvgIpc) is 2.69. The largest absolute Gasteiger partial charge is 0.322 e. The van der Waals surface area contributed by atoms with Crippen LogP contribution in [-0.4, -0.2) is 54.3 Å². The Morgan fingerprint density at radius 1 is 0.926 bits per heavy atom. The van der Waals surface area contributed by atoms with E-state index in [1.165, 1.54) is 5.56 Å². The first-order chi connectivity index (χ1) is 13.0. The molecule has 2 aromatic rings. The summed E-state index contributed by atoms with van der Waals surface area (Å²) in [5.74, 6) is 0.594. The number of anilines is 1. The molecular formula is C22H27N3O2. The molecule has 0 radical (unpaired) electrons. The summed E-state index contributed by atoms with van der Waals surface area (Å²) in [5, 5.41) is 2.91. The van der Waals surface area contributed by atoms with Gasteiger partial charge in [-0.2, -0.15) is 0 Å². The molecule has 0 saturated carbocycles. The van der Waals surface area contributed by atoms with Gasteiger partial charge in [-0.3, -0.25) is 9.69 Å². The second-order valence-corrected chi connectivity index (χ2v) is 7.26. The van der Waals surface area contributed by atoms with Gasteiger partial charge >= 0.3 is 6.03 Å². The fourth-order valence-corrected chi connectivity index (χ4v) is 3.18. The number of ketones is 1. The number of nitrogens with zero attached hydrogens (tertiary/aromatic N) is 2. The molecular weight excluding hydrogens is 338 g/mol. The molecule has 3 rings (SSSR count). The SMILES string of the molecule is CC(C)c1ccc(C(=O)CN2CCN(C(=O)Nc3ccccc3)CC2)cc1. The van der Waals surface area contributed by atoms with Crippen LogP contribution in [0, 0.1) is 0 Å². The van der Waals surface area contributed by atoms with E-state index in [0.717, 1.165) is 11.3 Å².